The Bertz CT molecular complexity index is 324. The Morgan fingerprint density at radius 3 is 2.50 bits per heavy atom. The van der Waals surface area contributed by atoms with Crippen LogP contribution in [0.3, 0.4) is 0 Å². The molecule has 1 atom stereocenters. The van der Waals surface area contributed by atoms with Crippen molar-refractivity contribution in [3.63, 3.8) is 0 Å². The first-order chi connectivity index (χ1) is 8.65. The predicted octanol–water partition coefficient (Wildman–Crippen LogP) is 2.50. The van der Waals surface area contributed by atoms with Crippen molar-refractivity contribution < 1.29 is 4.74 Å². The Morgan fingerprint density at radius 2 is 1.94 bits per heavy atom. The summed E-state index contributed by atoms with van der Waals surface area (Å²) in [5, 5.41) is 0. The Hall–Kier alpha value is -1.06. The molecule has 0 bridgehead atoms. The molecule has 0 saturated heterocycles. The van der Waals surface area contributed by atoms with E-state index in [-0.39, 0.29) is 0 Å². The van der Waals surface area contributed by atoms with Gasteiger partial charge in [-0.05, 0) is 50.6 Å². The first-order valence-electron chi connectivity index (χ1n) is 6.76. The molecule has 0 aliphatic rings. The third-order valence-electron chi connectivity index (χ3n) is 2.97. The summed E-state index contributed by atoms with van der Waals surface area (Å²) >= 11 is 0. The molecule has 1 rings (SSSR count). The molecule has 0 aromatic heterocycles. The first-order valence-corrected chi connectivity index (χ1v) is 6.76. The number of benzene rings is 1. The SMILES string of the molecule is CCOc1ccc(CN(C)CC(C)CCN)cc1. The standard InChI is InChI=1S/C15H26N2O/c1-4-18-15-7-5-14(6-8-15)12-17(3)11-13(2)9-10-16/h5-8,13H,4,9-12,16H2,1-3H3. The van der Waals surface area contributed by atoms with Crippen LogP contribution in [-0.4, -0.2) is 31.6 Å². The highest BCUT2D eigenvalue weighted by Crippen LogP contribution is 2.14. The van der Waals surface area contributed by atoms with Crippen molar-refractivity contribution in [3.8, 4) is 5.75 Å². The van der Waals surface area contributed by atoms with Crippen molar-refractivity contribution in [2.45, 2.75) is 26.8 Å². The molecule has 1 aromatic rings. The van der Waals surface area contributed by atoms with Crippen LogP contribution in [0.1, 0.15) is 25.8 Å². The van der Waals surface area contributed by atoms with E-state index in [9.17, 15) is 0 Å². The lowest BCUT2D eigenvalue weighted by molar-refractivity contribution is 0.272. The molecule has 0 heterocycles. The maximum atomic E-state index is 5.57. The zero-order valence-corrected chi connectivity index (χ0v) is 11.9. The number of hydrogen-bond donors (Lipinski definition) is 1. The van der Waals surface area contributed by atoms with Crippen LogP contribution in [0.5, 0.6) is 5.75 Å². The molecule has 2 N–H and O–H groups in total. The highest BCUT2D eigenvalue weighted by Gasteiger charge is 2.06. The van der Waals surface area contributed by atoms with Crippen molar-refractivity contribution >= 4 is 0 Å². The fraction of sp³-hybridized carbons (Fsp3) is 0.600. The molecule has 18 heavy (non-hydrogen) atoms. The summed E-state index contributed by atoms with van der Waals surface area (Å²) in [6.45, 7) is 7.81. The molecule has 0 amide bonds. The van der Waals surface area contributed by atoms with Gasteiger partial charge in [0.15, 0.2) is 0 Å². The number of nitrogens with zero attached hydrogens (tertiary/aromatic N) is 1. The van der Waals surface area contributed by atoms with Gasteiger partial charge in [0.1, 0.15) is 5.75 Å². The molecule has 0 radical (unpaired) electrons. The van der Waals surface area contributed by atoms with Gasteiger partial charge in [-0.1, -0.05) is 19.1 Å². The van der Waals surface area contributed by atoms with E-state index in [4.69, 9.17) is 10.5 Å². The monoisotopic (exact) mass is 250 g/mol. The number of ether oxygens (including phenoxy) is 1. The fourth-order valence-corrected chi connectivity index (χ4v) is 2.14. The molecular weight excluding hydrogens is 224 g/mol. The molecule has 0 aliphatic carbocycles. The fourth-order valence-electron chi connectivity index (χ4n) is 2.14. The molecule has 3 heteroatoms. The quantitative estimate of drug-likeness (QED) is 0.770. The second-order valence-electron chi connectivity index (χ2n) is 4.96. The minimum Gasteiger partial charge on any atom is -0.494 e. The molecule has 0 spiro atoms. The molecule has 102 valence electrons. The van der Waals surface area contributed by atoms with Crippen molar-refractivity contribution in [3.05, 3.63) is 29.8 Å². The van der Waals surface area contributed by atoms with Crippen LogP contribution in [0.4, 0.5) is 0 Å². The van der Waals surface area contributed by atoms with Crippen molar-refractivity contribution in [2.24, 2.45) is 11.7 Å². The maximum Gasteiger partial charge on any atom is 0.119 e. The van der Waals surface area contributed by atoms with Gasteiger partial charge in [-0.25, -0.2) is 0 Å². The summed E-state index contributed by atoms with van der Waals surface area (Å²) in [4.78, 5) is 2.34. The van der Waals surface area contributed by atoms with Gasteiger partial charge >= 0.3 is 0 Å². The van der Waals surface area contributed by atoms with Crippen molar-refractivity contribution in [1.29, 1.82) is 0 Å². The first kappa shape index (κ1) is 15.0. The van der Waals surface area contributed by atoms with E-state index in [2.05, 4.69) is 31.0 Å². The topological polar surface area (TPSA) is 38.5 Å². The zero-order chi connectivity index (χ0) is 13.4. The lowest BCUT2D eigenvalue weighted by Crippen LogP contribution is -2.25. The minimum absolute atomic E-state index is 0.655. The zero-order valence-electron chi connectivity index (χ0n) is 11.9. The van der Waals surface area contributed by atoms with Crippen LogP contribution in [0, 0.1) is 5.92 Å². The molecule has 1 unspecified atom stereocenters. The van der Waals surface area contributed by atoms with Gasteiger partial charge in [-0.3, -0.25) is 0 Å². The molecule has 0 saturated carbocycles. The third kappa shape index (κ3) is 5.52. The predicted molar refractivity (Wildman–Crippen MR) is 76.8 cm³/mol. The van der Waals surface area contributed by atoms with Gasteiger partial charge in [-0.2, -0.15) is 0 Å². The lowest BCUT2D eigenvalue weighted by atomic mass is 10.1. The number of nitrogens with two attached hydrogens (primary N) is 1. The van der Waals surface area contributed by atoms with Gasteiger partial charge in [0.05, 0.1) is 6.61 Å². The average molecular weight is 250 g/mol. The van der Waals surface area contributed by atoms with Gasteiger partial charge in [0.2, 0.25) is 0 Å². The number of hydrogen-bond acceptors (Lipinski definition) is 3. The Labute approximate surface area is 111 Å². The van der Waals surface area contributed by atoms with Gasteiger partial charge in [0, 0.05) is 13.1 Å². The molecule has 0 aliphatic heterocycles. The van der Waals surface area contributed by atoms with E-state index >= 15 is 0 Å². The maximum absolute atomic E-state index is 5.57. The molecule has 1 aromatic carbocycles. The smallest absolute Gasteiger partial charge is 0.119 e. The second-order valence-corrected chi connectivity index (χ2v) is 4.96. The Kier molecular flexibility index (Phi) is 6.76. The second kappa shape index (κ2) is 8.11. The summed E-state index contributed by atoms with van der Waals surface area (Å²) in [5.74, 6) is 1.60. The summed E-state index contributed by atoms with van der Waals surface area (Å²) < 4.78 is 5.43. The van der Waals surface area contributed by atoms with E-state index in [0.29, 0.717) is 5.92 Å². The Balaban J connectivity index is 2.41. The lowest BCUT2D eigenvalue weighted by Gasteiger charge is -2.21. The highest BCUT2D eigenvalue weighted by molar-refractivity contribution is 5.27. The van der Waals surface area contributed by atoms with Crippen LogP contribution < -0.4 is 10.5 Å². The summed E-state index contributed by atoms with van der Waals surface area (Å²) in [7, 11) is 2.16. The molecular formula is C15H26N2O. The van der Waals surface area contributed by atoms with Crippen LogP contribution in [-0.2, 0) is 6.54 Å². The van der Waals surface area contributed by atoms with Crippen LogP contribution in [0.2, 0.25) is 0 Å². The summed E-state index contributed by atoms with van der Waals surface area (Å²) in [6.07, 6.45) is 1.09. The summed E-state index contributed by atoms with van der Waals surface area (Å²) in [6, 6.07) is 8.34. The highest BCUT2D eigenvalue weighted by atomic mass is 16.5. The van der Waals surface area contributed by atoms with E-state index in [1.54, 1.807) is 0 Å². The van der Waals surface area contributed by atoms with E-state index < -0.39 is 0 Å². The van der Waals surface area contributed by atoms with E-state index in [1.807, 2.05) is 19.1 Å². The van der Waals surface area contributed by atoms with E-state index in [0.717, 1.165) is 38.4 Å². The third-order valence-corrected chi connectivity index (χ3v) is 2.97. The van der Waals surface area contributed by atoms with Gasteiger partial charge in [0.25, 0.3) is 0 Å². The summed E-state index contributed by atoms with van der Waals surface area (Å²) in [5.41, 5.74) is 6.89. The minimum atomic E-state index is 0.655. The number of rotatable bonds is 8. The average Bonchev–Trinajstić information content (AvgIpc) is 2.32. The van der Waals surface area contributed by atoms with Gasteiger partial charge < -0.3 is 15.4 Å². The van der Waals surface area contributed by atoms with Crippen LogP contribution >= 0.6 is 0 Å². The van der Waals surface area contributed by atoms with Gasteiger partial charge in [-0.15, -0.1) is 0 Å². The molecule has 3 nitrogen and oxygen atoms in total. The normalized spacial score (nSPS) is 12.7. The Morgan fingerprint density at radius 1 is 1.28 bits per heavy atom. The van der Waals surface area contributed by atoms with Crippen LogP contribution in [0.25, 0.3) is 0 Å². The largest absolute Gasteiger partial charge is 0.494 e. The van der Waals surface area contributed by atoms with Crippen LogP contribution in [0.15, 0.2) is 24.3 Å². The van der Waals surface area contributed by atoms with Crippen molar-refractivity contribution in [1.82, 2.24) is 4.90 Å². The van der Waals surface area contributed by atoms with Crippen molar-refractivity contribution in [2.75, 3.05) is 26.7 Å². The molecule has 0 fully saturated rings. The van der Waals surface area contributed by atoms with E-state index in [1.165, 1.54) is 5.56 Å².